The van der Waals surface area contributed by atoms with E-state index in [-0.39, 0.29) is 30.3 Å². The molecule has 0 aromatic heterocycles. The third-order valence-corrected chi connectivity index (χ3v) is 4.79. The first kappa shape index (κ1) is 20.2. The highest BCUT2D eigenvalue weighted by Crippen LogP contribution is 2.24. The van der Waals surface area contributed by atoms with Gasteiger partial charge in [-0.25, -0.2) is 4.39 Å². The largest absolute Gasteiger partial charge is 0.357 e. The molecular formula is C19H19Cl2FN2O2. The van der Waals surface area contributed by atoms with Gasteiger partial charge in [-0.15, -0.1) is 0 Å². The SMILES string of the molecule is CNC(=O)[C@H](C)N(Cc1ccc(Cl)c(Cl)c1)C(=O)Cc1ccccc1F. The maximum absolute atomic E-state index is 13.9. The maximum Gasteiger partial charge on any atom is 0.242 e. The first-order chi connectivity index (χ1) is 12.3. The molecule has 2 aromatic rings. The number of likely N-dealkylation sites (N-methyl/N-ethyl adjacent to an activating group) is 1. The van der Waals surface area contributed by atoms with Crippen molar-refractivity contribution in [3.8, 4) is 0 Å². The minimum absolute atomic E-state index is 0.144. The van der Waals surface area contributed by atoms with Crippen LogP contribution in [0, 0.1) is 5.82 Å². The van der Waals surface area contributed by atoms with E-state index >= 15 is 0 Å². The summed E-state index contributed by atoms with van der Waals surface area (Å²) in [6.07, 6.45) is -0.144. The predicted molar refractivity (Wildman–Crippen MR) is 101 cm³/mol. The highest BCUT2D eigenvalue weighted by Gasteiger charge is 2.26. The van der Waals surface area contributed by atoms with Crippen LogP contribution in [0.5, 0.6) is 0 Å². The Labute approximate surface area is 161 Å². The van der Waals surface area contributed by atoms with Gasteiger partial charge in [0.15, 0.2) is 0 Å². The molecule has 0 saturated heterocycles. The van der Waals surface area contributed by atoms with E-state index in [0.717, 1.165) is 5.56 Å². The summed E-state index contributed by atoms with van der Waals surface area (Å²) in [7, 11) is 1.50. The van der Waals surface area contributed by atoms with Gasteiger partial charge in [-0.3, -0.25) is 9.59 Å². The summed E-state index contributed by atoms with van der Waals surface area (Å²) in [5.41, 5.74) is 0.998. The van der Waals surface area contributed by atoms with E-state index < -0.39 is 11.9 Å². The quantitative estimate of drug-likeness (QED) is 0.806. The Kier molecular flexibility index (Phi) is 7.00. The molecule has 7 heteroatoms. The van der Waals surface area contributed by atoms with Crippen LogP contribution in [0.1, 0.15) is 18.1 Å². The van der Waals surface area contributed by atoms with Crippen LogP contribution in [0.25, 0.3) is 0 Å². The second kappa shape index (κ2) is 9.01. The molecule has 1 N–H and O–H groups in total. The van der Waals surface area contributed by atoms with E-state index in [1.807, 2.05) is 0 Å². The van der Waals surface area contributed by atoms with Gasteiger partial charge < -0.3 is 10.2 Å². The normalized spacial score (nSPS) is 11.7. The van der Waals surface area contributed by atoms with Crippen molar-refractivity contribution in [3.63, 3.8) is 0 Å². The number of halogens is 3. The molecule has 0 spiro atoms. The Bertz CT molecular complexity index is 814. The summed E-state index contributed by atoms with van der Waals surface area (Å²) in [4.78, 5) is 26.3. The van der Waals surface area contributed by atoms with Crippen LogP contribution in [0.2, 0.25) is 10.0 Å². The molecule has 0 aliphatic heterocycles. The van der Waals surface area contributed by atoms with Crippen molar-refractivity contribution in [2.45, 2.75) is 25.9 Å². The van der Waals surface area contributed by atoms with Crippen LogP contribution in [0.15, 0.2) is 42.5 Å². The molecule has 0 unspecified atom stereocenters. The second-order valence-electron chi connectivity index (χ2n) is 5.83. The van der Waals surface area contributed by atoms with Crippen LogP contribution < -0.4 is 5.32 Å². The number of carbonyl (C=O) groups is 2. The van der Waals surface area contributed by atoms with Gasteiger partial charge in [0.05, 0.1) is 16.5 Å². The number of amides is 2. The summed E-state index contributed by atoms with van der Waals surface area (Å²) in [6.45, 7) is 1.77. The molecule has 26 heavy (non-hydrogen) atoms. The smallest absolute Gasteiger partial charge is 0.242 e. The molecule has 1 atom stereocenters. The molecular weight excluding hydrogens is 378 g/mol. The molecule has 0 aliphatic rings. The molecule has 0 aliphatic carbocycles. The number of carbonyl (C=O) groups excluding carboxylic acids is 2. The van der Waals surface area contributed by atoms with Crippen LogP contribution in [-0.2, 0) is 22.6 Å². The minimum Gasteiger partial charge on any atom is -0.357 e. The van der Waals surface area contributed by atoms with Gasteiger partial charge in [0.25, 0.3) is 0 Å². The zero-order valence-corrected chi connectivity index (χ0v) is 15.9. The lowest BCUT2D eigenvalue weighted by Gasteiger charge is -2.28. The van der Waals surface area contributed by atoms with Gasteiger partial charge in [-0.1, -0.05) is 47.5 Å². The first-order valence-electron chi connectivity index (χ1n) is 8.02. The lowest BCUT2D eigenvalue weighted by Crippen LogP contribution is -2.47. The minimum atomic E-state index is -0.728. The highest BCUT2D eigenvalue weighted by molar-refractivity contribution is 6.42. The fourth-order valence-electron chi connectivity index (χ4n) is 2.53. The predicted octanol–water partition coefficient (Wildman–Crippen LogP) is 3.84. The first-order valence-corrected chi connectivity index (χ1v) is 8.77. The second-order valence-corrected chi connectivity index (χ2v) is 6.64. The Morgan fingerprint density at radius 1 is 1.15 bits per heavy atom. The van der Waals surface area contributed by atoms with Gasteiger partial charge in [-0.05, 0) is 36.2 Å². The highest BCUT2D eigenvalue weighted by atomic mass is 35.5. The molecule has 2 rings (SSSR count). The van der Waals surface area contributed by atoms with Crippen molar-refractivity contribution in [2.75, 3.05) is 7.05 Å². The van der Waals surface area contributed by atoms with Crippen molar-refractivity contribution in [3.05, 3.63) is 69.5 Å². The summed E-state index contributed by atoms with van der Waals surface area (Å²) >= 11 is 12.0. The molecule has 0 heterocycles. The number of nitrogens with one attached hydrogen (secondary N) is 1. The van der Waals surface area contributed by atoms with E-state index in [1.54, 1.807) is 43.3 Å². The summed E-state index contributed by atoms with van der Waals surface area (Å²) in [5.74, 6) is -1.13. The third-order valence-electron chi connectivity index (χ3n) is 4.05. The monoisotopic (exact) mass is 396 g/mol. The maximum atomic E-state index is 13.9. The van der Waals surface area contributed by atoms with Gasteiger partial charge in [0.1, 0.15) is 11.9 Å². The van der Waals surface area contributed by atoms with E-state index in [2.05, 4.69) is 5.32 Å². The fourth-order valence-corrected chi connectivity index (χ4v) is 2.85. The van der Waals surface area contributed by atoms with E-state index in [1.165, 1.54) is 18.0 Å². The fraction of sp³-hybridized carbons (Fsp3) is 0.263. The van der Waals surface area contributed by atoms with Crippen LogP contribution >= 0.6 is 23.2 Å². The summed E-state index contributed by atoms with van der Waals surface area (Å²) in [5, 5.41) is 3.29. The number of hydrogen-bond donors (Lipinski definition) is 1. The van der Waals surface area contributed by atoms with Crippen LogP contribution in [0.4, 0.5) is 4.39 Å². The molecule has 0 saturated carbocycles. The molecule has 0 bridgehead atoms. The Morgan fingerprint density at radius 2 is 1.85 bits per heavy atom. The molecule has 4 nitrogen and oxygen atoms in total. The summed E-state index contributed by atoms with van der Waals surface area (Å²) in [6, 6.07) is 10.3. The molecule has 0 radical (unpaired) electrons. The van der Waals surface area contributed by atoms with E-state index in [9.17, 15) is 14.0 Å². The van der Waals surface area contributed by atoms with Gasteiger partial charge in [0, 0.05) is 13.6 Å². The third kappa shape index (κ3) is 4.96. The van der Waals surface area contributed by atoms with Crippen molar-refractivity contribution >= 4 is 35.0 Å². The van der Waals surface area contributed by atoms with Crippen molar-refractivity contribution in [1.82, 2.24) is 10.2 Å². The van der Waals surface area contributed by atoms with E-state index in [0.29, 0.717) is 10.0 Å². The van der Waals surface area contributed by atoms with Crippen molar-refractivity contribution in [1.29, 1.82) is 0 Å². The lowest BCUT2D eigenvalue weighted by atomic mass is 10.1. The topological polar surface area (TPSA) is 49.4 Å². The molecule has 138 valence electrons. The summed E-state index contributed by atoms with van der Waals surface area (Å²) < 4.78 is 13.9. The van der Waals surface area contributed by atoms with Gasteiger partial charge >= 0.3 is 0 Å². The standard InChI is InChI=1S/C19H19Cl2FN2O2/c1-12(19(26)23-2)24(11-13-7-8-15(20)16(21)9-13)18(25)10-14-5-3-4-6-17(14)22/h3-9,12H,10-11H2,1-2H3,(H,23,26)/t12-/m0/s1. The van der Waals surface area contributed by atoms with Crippen LogP contribution in [0.3, 0.4) is 0 Å². The number of rotatable bonds is 6. The molecule has 2 aromatic carbocycles. The zero-order valence-electron chi connectivity index (χ0n) is 14.4. The Morgan fingerprint density at radius 3 is 2.46 bits per heavy atom. The Balaban J connectivity index is 2.27. The van der Waals surface area contributed by atoms with E-state index in [4.69, 9.17) is 23.2 Å². The average Bonchev–Trinajstić information content (AvgIpc) is 2.63. The average molecular weight is 397 g/mol. The lowest BCUT2D eigenvalue weighted by molar-refractivity contribution is -0.139. The molecule has 2 amide bonds. The zero-order chi connectivity index (χ0) is 19.3. The van der Waals surface area contributed by atoms with Gasteiger partial charge in [-0.2, -0.15) is 0 Å². The van der Waals surface area contributed by atoms with Gasteiger partial charge in [0.2, 0.25) is 11.8 Å². The van der Waals surface area contributed by atoms with Crippen molar-refractivity contribution in [2.24, 2.45) is 0 Å². The van der Waals surface area contributed by atoms with Crippen LogP contribution in [-0.4, -0.2) is 29.8 Å². The number of benzene rings is 2. The molecule has 0 fully saturated rings. The number of nitrogens with zero attached hydrogens (tertiary/aromatic N) is 1. The van der Waals surface area contributed by atoms with Crippen molar-refractivity contribution < 1.29 is 14.0 Å². The Hall–Kier alpha value is -2.11. The number of hydrogen-bond acceptors (Lipinski definition) is 2.